The fourth-order valence-electron chi connectivity index (χ4n) is 2.86. The molecule has 7 nitrogen and oxygen atoms in total. The molecule has 0 saturated carbocycles. The highest BCUT2D eigenvalue weighted by Crippen LogP contribution is 2.24. The van der Waals surface area contributed by atoms with Gasteiger partial charge in [0, 0.05) is 39.3 Å². The summed E-state index contributed by atoms with van der Waals surface area (Å²) in [6, 6.07) is 5.19. The van der Waals surface area contributed by atoms with Crippen LogP contribution in [0.2, 0.25) is 0 Å². The molecule has 1 aromatic rings. The molecule has 0 aromatic heterocycles. The van der Waals surface area contributed by atoms with Gasteiger partial charge >= 0.3 is 0 Å². The van der Waals surface area contributed by atoms with Crippen LogP contribution in [0.15, 0.2) is 18.2 Å². The summed E-state index contributed by atoms with van der Waals surface area (Å²) >= 11 is 0. The van der Waals surface area contributed by atoms with Crippen molar-refractivity contribution in [3.8, 4) is 11.5 Å². The summed E-state index contributed by atoms with van der Waals surface area (Å²) in [5, 5.41) is 2.85. The first-order valence-corrected chi connectivity index (χ1v) is 8.46. The van der Waals surface area contributed by atoms with Gasteiger partial charge < -0.3 is 19.7 Å². The molecule has 1 aliphatic rings. The Bertz CT molecular complexity index is 598. The minimum absolute atomic E-state index is 0.0298. The van der Waals surface area contributed by atoms with Gasteiger partial charge in [-0.25, -0.2) is 0 Å². The van der Waals surface area contributed by atoms with E-state index in [1.165, 1.54) is 0 Å². The maximum Gasteiger partial charge on any atom is 0.237 e. The lowest BCUT2D eigenvalue weighted by Gasteiger charge is -2.35. The van der Waals surface area contributed by atoms with Gasteiger partial charge in [-0.3, -0.25) is 14.5 Å². The summed E-state index contributed by atoms with van der Waals surface area (Å²) in [6.07, 6.45) is 0.178. The molecule has 1 N–H and O–H groups in total. The van der Waals surface area contributed by atoms with Crippen molar-refractivity contribution in [2.24, 2.45) is 0 Å². The average Bonchev–Trinajstić information content (AvgIpc) is 2.63. The van der Waals surface area contributed by atoms with E-state index in [0.717, 1.165) is 5.56 Å². The lowest BCUT2D eigenvalue weighted by Crippen LogP contribution is -2.56. The van der Waals surface area contributed by atoms with Crippen molar-refractivity contribution < 1.29 is 19.1 Å². The topological polar surface area (TPSA) is 71.1 Å². The summed E-state index contributed by atoms with van der Waals surface area (Å²) < 4.78 is 10.6. The molecule has 1 saturated heterocycles. The standard InChI is InChI=1S/C18H27N3O4/c1-5-20(2)17(22)11-16-18(23)19-6-7-21(16)12-13-8-14(24-3)10-15(9-13)25-4/h8-10,16H,5-7,11-12H2,1-4H3,(H,19,23)/t16-/m1/s1. The van der Waals surface area contributed by atoms with Gasteiger partial charge in [-0.15, -0.1) is 0 Å². The normalized spacial score (nSPS) is 17.8. The van der Waals surface area contributed by atoms with Crippen LogP contribution >= 0.6 is 0 Å². The maximum absolute atomic E-state index is 12.3. The predicted molar refractivity (Wildman–Crippen MR) is 94.7 cm³/mol. The summed E-state index contributed by atoms with van der Waals surface area (Å²) in [5.41, 5.74) is 0.979. The van der Waals surface area contributed by atoms with E-state index in [1.54, 1.807) is 26.2 Å². The second kappa shape index (κ2) is 8.71. The van der Waals surface area contributed by atoms with Crippen LogP contribution in [0.3, 0.4) is 0 Å². The van der Waals surface area contributed by atoms with Gasteiger partial charge in [0.1, 0.15) is 11.5 Å². The maximum atomic E-state index is 12.3. The molecule has 7 heteroatoms. The van der Waals surface area contributed by atoms with Gasteiger partial charge in [-0.2, -0.15) is 0 Å². The van der Waals surface area contributed by atoms with Crippen molar-refractivity contribution in [3.05, 3.63) is 23.8 Å². The van der Waals surface area contributed by atoms with Crippen molar-refractivity contribution in [1.29, 1.82) is 0 Å². The second-order valence-electron chi connectivity index (χ2n) is 6.11. The number of amides is 2. The minimum Gasteiger partial charge on any atom is -0.497 e. The summed E-state index contributed by atoms with van der Waals surface area (Å²) in [6.45, 7) is 4.36. The van der Waals surface area contributed by atoms with E-state index < -0.39 is 6.04 Å². The third kappa shape index (κ3) is 4.85. The van der Waals surface area contributed by atoms with Crippen LogP contribution < -0.4 is 14.8 Å². The zero-order chi connectivity index (χ0) is 18.4. The van der Waals surface area contributed by atoms with E-state index in [2.05, 4.69) is 5.32 Å². The molecule has 1 aliphatic heterocycles. The first-order chi connectivity index (χ1) is 12.0. The number of ether oxygens (including phenoxy) is 2. The second-order valence-corrected chi connectivity index (χ2v) is 6.11. The molecule has 0 spiro atoms. The van der Waals surface area contributed by atoms with Gasteiger partial charge in [-0.1, -0.05) is 0 Å². The number of hydrogen-bond donors (Lipinski definition) is 1. The molecule has 138 valence electrons. The fourth-order valence-corrected chi connectivity index (χ4v) is 2.86. The fraction of sp³-hybridized carbons (Fsp3) is 0.556. The number of piperazine rings is 1. The molecule has 0 bridgehead atoms. The van der Waals surface area contributed by atoms with E-state index in [0.29, 0.717) is 37.7 Å². The van der Waals surface area contributed by atoms with E-state index in [1.807, 2.05) is 30.0 Å². The monoisotopic (exact) mass is 349 g/mol. The lowest BCUT2D eigenvalue weighted by atomic mass is 10.1. The van der Waals surface area contributed by atoms with Crippen LogP contribution in [0, 0.1) is 0 Å². The molecule has 1 heterocycles. The average molecular weight is 349 g/mol. The van der Waals surface area contributed by atoms with Crippen molar-refractivity contribution in [1.82, 2.24) is 15.1 Å². The van der Waals surface area contributed by atoms with Gasteiger partial charge in [0.05, 0.1) is 26.7 Å². The van der Waals surface area contributed by atoms with Crippen LogP contribution in [-0.4, -0.2) is 68.6 Å². The van der Waals surface area contributed by atoms with E-state index in [-0.39, 0.29) is 18.2 Å². The van der Waals surface area contributed by atoms with Gasteiger partial charge in [-0.05, 0) is 24.6 Å². The van der Waals surface area contributed by atoms with E-state index >= 15 is 0 Å². The van der Waals surface area contributed by atoms with Crippen LogP contribution in [0.25, 0.3) is 0 Å². The number of nitrogens with zero attached hydrogens (tertiary/aromatic N) is 2. The van der Waals surface area contributed by atoms with Crippen molar-refractivity contribution in [3.63, 3.8) is 0 Å². The molecule has 2 amide bonds. The number of carbonyl (C=O) groups is 2. The Balaban J connectivity index is 2.17. The van der Waals surface area contributed by atoms with Crippen LogP contribution in [0.5, 0.6) is 11.5 Å². The number of benzene rings is 1. The number of methoxy groups -OCH3 is 2. The Morgan fingerprint density at radius 3 is 2.48 bits per heavy atom. The molecule has 0 radical (unpaired) electrons. The Kier molecular flexibility index (Phi) is 6.64. The molecule has 0 unspecified atom stereocenters. The predicted octanol–water partition coefficient (Wildman–Crippen LogP) is 0.873. The number of rotatable bonds is 7. The number of carbonyl (C=O) groups excluding carboxylic acids is 2. The zero-order valence-electron chi connectivity index (χ0n) is 15.4. The Hall–Kier alpha value is -2.28. The Morgan fingerprint density at radius 1 is 1.28 bits per heavy atom. The van der Waals surface area contributed by atoms with E-state index in [4.69, 9.17) is 9.47 Å². The zero-order valence-corrected chi connectivity index (χ0v) is 15.4. The largest absolute Gasteiger partial charge is 0.497 e. The smallest absolute Gasteiger partial charge is 0.237 e. The molecular weight excluding hydrogens is 322 g/mol. The summed E-state index contributed by atoms with van der Waals surface area (Å²) in [4.78, 5) is 28.3. The molecule has 0 aliphatic carbocycles. The molecular formula is C18H27N3O4. The molecule has 2 rings (SSSR count). The first-order valence-electron chi connectivity index (χ1n) is 8.46. The Labute approximate surface area is 148 Å². The lowest BCUT2D eigenvalue weighted by molar-refractivity contribution is -0.138. The van der Waals surface area contributed by atoms with E-state index in [9.17, 15) is 9.59 Å². The molecule has 1 atom stereocenters. The van der Waals surface area contributed by atoms with Gasteiger partial charge in [0.2, 0.25) is 11.8 Å². The highest BCUT2D eigenvalue weighted by atomic mass is 16.5. The van der Waals surface area contributed by atoms with Crippen molar-refractivity contribution in [2.45, 2.75) is 25.9 Å². The van der Waals surface area contributed by atoms with Crippen LogP contribution in [0.4, 0.5) is 0 Å². The SMILES string of the molecule is CCN(C)C(=O)C[C@@H]1C(=O)NCCN1Cc1cc(OC)cc(OC)c1. The highest BCUT2D eigenvalue weighted by molar-refractivity contribution is 5.88. The van der Waals surface area contributed by atoms with Crippen LogP contribution in [0.1, 0.15) is 18.9 Å². The van der Waals surface area contributed by atoms with Crippen LogP contribution in [-0.2, 0) is 16.1 Å². The molecule has 1 fully saturated rings. The first kappa shape index (κ1) is 19.1. The quantitative estimate of drug-likeness (QED) is 0.791. The van der Waals surface area contributed by atoms with Crippen molar-refractivity contribution in [2.75, 3.05) is 40.9 Å². The third-order valence-corrected chi connectivity index (χ3v) is 4.51. The molecule has 25 heavy (non-hydrogen) atoms. The third-order valence-electron chi connectivity index (χ3n) is 4.51. The minimum atomic E-state index is -0.465. The number of nitrogens with one attached hydrogen (secondary N) is 1. The summed E-state index contributed by atoms with van der Waals surface area (Å²) in [7, 11) is 4.96. The Morgan fingerprint density at radius 2 is 1.92 bits per heavy atom. The highest BCUT2D eigenvalue weighted by Gasteiger charge is 2.32. The molecule has 1 aromatic carbocycles. The number of hydrogen-bond acceptors (Lipinski definition) is 5. The van der Waals surface area contributed by atoms with Gasteiger partial charge in [0.25, 0.3) is 0 Å². The van der Waals surface area contributed by atoms with Gasteiger partial charge in [0.15, 0.2) is 0 Å². The summed E-state index contributed by atoms with van der Waals surface area (Å²) in [5.74, 6) is 1.28. The van der Waals surface area contributed by atoms with Crippen molar-refractivity contribution >= 4 is 11.8 Å².